The van der Waals surface area contributed by atoms with Crippen LogP contribution in [-0.2, 0) is 17.8 Å². The number of rotatable bonds is 11. The van der Waals surface area contributed by atoms with Crippen LogP contribution in [0.1, 0.15) is 62.1 Å². The number of carbonyl (C=O) groups is 1. The Hall–Kier alpha value is -2.67. The molecule has 2 aliphatic heterocycles. The van der Waals surface area contributed by atoms with Gasteiger partial charge in [-0.2, -0.15) is 0 Å². The number of hydrogen-bond acceptors (Lipinski definition) is 5. The van der Waals surface area contributed by atoms with Crippen molar-refractivity contribution in [2.75, 3.05) is 31.1 Å². The molecule has 2 heterocycles. The summed E-state index contributed by atoms with van der Waals surface area (Å²) >= 11 is 0. The lowest BCUT2D eigenvalue weighted by molar-refractivity contribution is -0.120. The van der Waals surface area contributed by atoms with Crippen LogP contribution in [0, 0.1) is 0 Å². The third kappa shape index (κ3) is 6.36. The number of hydrogen-bond donors (Lipinski definition) is 2. The number of amides is 1. The molecule has 6 heteroatoms. The third-order valence-electron chi connectivity index (χ3n) is 7.53. The molecule has 3 unspecified atom stereocenters. The number of allylic oxidation sites excluding steroid dienone is 1. The van der Waals surface area contributed by atoms with Crippen LogP contribution in [0.2, 0.25) is 0 Å². The lowest BCUT2D eigenvalue weighted by Gasteiger charge is -2.29. The van der Waals surface area contributed by atoms with Crippen LogP contribution in [0.15, 0.2) is 54.6 Å². The number of unbranched alkanes of at least 4 members (excludes halogenated alkanes) is 1. The summed E-state index contributed by atoms with van der Waals surface area (Å²) in [7, 11) is 0. The highest BCUT2D eigenvalue weighted by molar-refractivity contribution is 5.95. The number of carbonyl (C=O) groups excluding carboxylic acids is 1. The largest absolute Gasteiger partial charge is 0.493 e. The number of anilines is 1. The average molecular weight is 491 g/mol. The van der Waals surface area contributed by atoms with E-state index in [1.165, 1.54) is 11.1 Å². The number of ether oxygens (including phenoxy) is 1. The fraction of sp³-hybridized carbons (Fsp3) is 0.500. The van der Waals surface area contributed by atoms with E-state index in [1.807, 2.05) is 42.2 Å². The monoisotopic (exact) mass is 490 g/mol. The van der Waals surface area contributed by atoms with E-state index < -0.39 is 0 Å². The standard InChI is InChI=1S/C30H42N4O2/c1-3-5-13-34(27-9-6-8-22(15-27)19-31)30(35)21-33-20-25(17-28(33)18-26(32)7-4-2)23-10-11-29-24(16-23)12-14-36-29/h4,6-11,15-16,25-26,28H,3,5,12-14,17-21,31-32H2,1-2H3/b7-4+. The van der Waals surface area contributed by atoms with Crippen molar-refractivity contribution < 1.29 is 9.53 Å². The van der Waals surface area contributed by atoms with Crippen LogP contribution >= 0.6 is 0 Å². The van der Waals surface area contributed by atoms with E-state index in [9.17, 15) is 4.79 Å². The third-order valence-corrected chi connectivity index (χ3v) is 7.53. The van der Waals surface area contributed by atoms with Gasteiger partial charge >= 0.3 is 0 Å². The van der Waals surface area contributed by atoms with Crippen molar-refractivity contribution in [1.82, 2.24) is 4.90 Å². The average Bonchev–Trinajstić information content (AvgIpc) is 3.51. The van der Waals surface area contributed by atoms with E-state index in [4.69, 9.17) is 16.2 Å². The summed E-state index contributed by atoms with van der Waals surface area (Å²) in [6, 6.07) is 15.0. The molecule has 2 aromatic carbocycles. The van der Waals surface area contributed by atoms with Gasteiger partial charge in [-0.15, -0.1) is 0 Å². The highest BCUT2D eigenvalue weighted by Gasteiger charge is 2.36. The molecule has 0 radical (unpaired) electrons. The van der Waals surface area contributed by atoms with Crippen LogP contribution in [0.3, 0.4) is 0 Å². The molecule has 0 bridgehead atoms. The Labute approximate surface area is 216 Å². The van der Waals surface area contributed by atoms with E-state index in [0.29, 0.717) is 25.6 Å². The fourth-order valence-corrected chi connectivity index (χ4v) is 5.59. The maximum Gasteiger partial charge on any atom is 0.241 e. The highest BCUT2D eigenvalue weighted by atomic mass is 16.5. The second kappa shape index (κ2) is 12.5. The molecule has 0 aliphatic carbocycles. The Morgan fingerprint density at radius 3 is 2.92 bits per heavy atom. The maximum atomic E-state index is 13.7. The van der Waals surface area contributed by atoms with Crippen LogP contribution in [0.4, 0.5) is 5.69 Å². The minimum Gasteiger partial charge on any atom is -0.493 e. The van der Waals surface area contributed by atoms with Gasteiger partial charge in [-0.05, 0) is 67.0 Å². The summed E-state index contributed by atoms with van der Waals surface area (Å²) in [4.78, 5) is 18.1. The highest BCUT2D eigenvalue weighted by Crippen LogP contribution is 2.37. The first kappa shape index (κ1) is 26.4. The molecule has 0 saturated carbocycles. The summed E-state index contributed by atoms with van der Waals surface area (Å²) in [5.41, 5.74) is 16.9. The van der Waals surface area contributed by atoms with Gasteiger partial charge in [0, 0.05) is 43.8 Å². The molecule has 0 aromatic heterocycles. The first-order chi connectivity index (χ1) is 17.5. The van der Waals surface area contributed by atoms with Crippen molar-refractivity contribution in [3.05, 3.63) is 71.3 Å². The van der Waals surface area contributed by atoms with Gasteiger partial charge in [0.15, 0.2) is 0 Å². The quantitative estimate of drug-likeness (QED) is 0.457. The van der Waals surface area contributed by atoms with Gasteiger partial charge < -0.3 is 21.1 Å². The molecular formula is C30H42N4O2. The van der Waals surface area contributed by atoms with Gasteiger partial charge in [0.25, 0.3) is 0 Å². The van der Waals surface area contributed by atoms with Crippen molar-refractivity contribution in [3.63, 3.8) is 0 Å². The molecule has 194 valence electrons. The van der Waals surface area contributed by atoms with E-state index in [1.54, 1.807) is 0 Å². The SMILES string of the molecule is C/C=C/C(N)CC1CC(c2ccc3c(c2)CCO3)CN1CC(=O)N(CCCC)c1cccc(CN)c1. The molecular weight excluding hydrogens is 448 g/mol. The zero-order chi connectivity index (χ0) is 25.5. The van der Waals surface area contributed by atoms with Crippen molar-refractivity contribution in [2.45, 2.75) is 70.5 Å². The Morgan fingerprint density at radius 1 is 1.28 bits per heavy atom. The number of nitrogens with two attached hydrogens (primary N) is 2. The number of likely N-dealkylation sites (tertiary alicyclic amines) is 1. The summed E-state index contributed by atoms with van der Waals surface area (Å²) < 4.78 is 5.71. The molecule has 4 N–H and O–H groups in total. The molecule has 4 rings (SSSR count). The summed E-state index contributed by atoms with van der Waals surface area (Å²) in [6.07, 6.45) is 8.91. The van der Waals surface area contributed by atoms with Gasteiger partial charge in [0.2, 0.25) is 5.91 Å². The van der Waals surface area contributed by atoms with Gasteiger partial charge in [0.05, 0.1) is 13.2 Å². The number of benzene rings is 2. The van der Waals surface area contributed by atoms with Gasteiger partial charge in [0.1, 0.15) is 5.75 Å². The fourth-order valence-electron chi connectivity index (χ4n) is 5.59. The van der Waals surface area contributed by atoms with E-state index >= 15 is 0 Å². The number of nitrogens with zero attached hydrogens (tertiary/aromatic N) is 2. The molecule has 2 aromatic rings. The Morgan fingerprint density at radius 2 is 2.14 bits per heavy atom. The predicted molar refractivity (Wildman–Crippen MR) is 147 cm³/mol. The minimum absolute atomic E-state index is 0.0118. The smallest absolute Gasteiger partial charge is 0.241 e. The lowest BCUT2D eigenvalue weighted by atomic mass is 9.92. The topological polar surface area (TPSA) is 84.8 Å². The summed E-state index contributed by atoms with van der Waals surface area (Å²) in [5, 5.41) is 0. The second-order valence-electron chi connectivity index (χ2n) is 10.2. The Bertz CT molecular complexity index is 1050. The zero-order valence-electron chi connectivity index (χ0n) is 21.9. The van der Waals surface area contributed by atoms with E-state index in [2.05, 4.69) is 36.1 Å². The van der Waals surface area contributed by atoms with Crippen LogP contribution in [-0.4, -0.2) is 49.1 Å². The predicted octanol–water partition coefficient (Wildman–Crippen LogP) is 4.36. The van der Waals surface area contributed by atoms with Gasteiger partial charge in [-0.3, -0.25) is 9.69 Å². The normalized spacial score (nSPS) is 20.4. The molecule has 6 nitrogen and oxygen atoms in total. The Kier molecular flexibility index (Phi) is 9.19. The van der Waals surface area contributed by atoms with Crippen LogP contribution < -0.4 is 21.1 Å². The zero-order valence-corrected chi connectivity index (χ0v) is 21.9. The van der Waals surface area contributed by atoms with Gasteiger partial charge in [-0.1, -0.05) is 49.8 Å². The van der Waals surface area contributed by atoms with Crippen LogP contribution in [0.25, 0.3) is 0 Å². The van der Waals surface area contributed by atoms with Crippen molar-refractivity contribution in [1.29, 1.82) is 0 Å². The molecule has 3 atom stereocenters. The number of fused-ring (bicyclic) bond motifs is 1. The molecule has 1 saturated heterocycles. The van der Waals surface area contributed by atoms with Crippen LogP contribution in [0.5, 0.6) is 5.75 Å². The maximum absolute atomic E-state index is 13.7. The lowest BCUT2D eigenvalue weighted by Crippen LogP contribution is -2.44. The first-order valence-corrected chi connectivity index (χ1v) is 13.5. The molecule has 0 spiro atoms. The minimum atomic E-state index is -0.0118. The molecule has 36 heavy (non-hydrogen) atoms. The van der Waals surface area contributed by atoms with E-state index in [0.717, 1.165) is 62.3 Å². The molecule has 2 aliphatic rings. The van der Waals surface area contributed by atoms with Gasteiger partial charge in [-0.25, -0.2) is 0 Å². The second-order valence-corrected chi connectivity index (χ2v) is 10.2. The summed E-state index contributed by atoms with van der Waals surface area (Å²) in [5.74, 6) is 1.54. The summed E-state index contributed by atoms with van der Waals surface area (Å²) in [6.45, 7) is 7.38. The van der Waals surface area contributed by atoms with Crippen molar-refractivity contribution >= 4 is 11.6 Å². The van der Waals surface area contributed by atoms with Crippen molar-refractivity contribution in [3.8, 4) is 5.75 Å². The Balaban J connectivity index is 1.54. The molecule has 1 fully saturated rings. The first-order valence-electron chi connectivity index (χ1n) is 13.5. The van der Waals surface area contributed by atoms with Crippen molar-refractivity contribution in [2.24, 2.45) is 11.5 Å². The van der Waals surface area contributed by atoms with E-state index in [-0.39, 0.29) is 18.0 Å². The molecule has 1 amide bonds.